The molecule has 0 spiro atoms. The van der Waals surface area contributed by atoms with Crippen molar-refractivity contribution in [1.82, 2.24) is 0 Å². The van der Waals surface area contributed by atoms with E-state index < -0.39 is 5.97 Å². The third-order valence-electron chi connectivity index (χ3n) is 4.16. The molecular formula is C23H25NO4. The second-order valence-corrected chi connectivity index (χ2v) is 6.72. The number of esters is 1. The first-order valence-corrected chi connectivity index (χ1v) is 9.03. The summed E-state index contributed by atoms with van der Waals surface area (Å²) in [5.74, 6) is 0.883. The standard InChI is InChI=1S/C23H25NO4/c1-15(2)28-23(25)19(13-24)11-18-12-20(17(4)10-16(18)3)14-27-22-8-6-21(26-5)7-9-22/h6-12,15H,14H2,1-5H3/b19-11+. The molecule has 2 aromatic carbocycles. The van der Waals surface area contributed by atoms with Crippen LogP contribution in [-0.4, -0.2) is 19.2 Å². The van der Waals surface area contributed by atoms with E-state index in [1.807, 2.05) is 56.3 Å². The van der Waals surface area contributed by atoms with Gasteiger partial charge in [-0.1, -0.05) is 6.07 Å². The van der Waals surface area contributed by atoms with Crippen LogP contribution in [0.1, 0.15) is 36.1 Å². The van der Waals surface area contributed by atoms with Gasteiger partial charge in [-0.2, -0.15) is 5.26 Å². The molecule has 0 heterocycles. The van der Waals surface area contributed by atoms with E-state index in [2.05, 4.69) is 0 Å². The molecule has 146 valence electrons. The molecule has 5 nitrogen and oxygen atoms in total. The Morgan fingerprint density at radius 3 is 2.32 bits per heavy atom. The summed E-state index contributed by atoms with van der Waals surface area (Å²) in [7, 11) is 1.62. The largest absolute Gasteiger partial charge is 0.497 e. The molecule has 0 aliphatic rings. The Kier molecular flexibility index (Phi) is 7.22. The van der Waals surface area contributed by atoms with Gasteiger partial charge in [-0.3, -0.25) is 0 Å². The number of nitriles is 1. The zero-order chi connectivity index (χ0) is 20.7. The molecule has 0 amide bonds. The van der Waals surface area contributed by atoms with Gasteiger partial charge < -0.3 is 14.2 Å². The van der Waals surface area contributed by atoms with Crippen LogP contribution in [0.5, 0.6) is 11.5 Å². The van der Waals surface area contributed by atoms with Crippen molar-refractivity contribution in [2.75, 3.05) is 7.11 Å². The summed E-state index contributed by atoms with van der Waals surface area (Å²) in [6, 6.07) is 13.3. The van der Waals surface area contributed by atoms with E-state index in [0.29, 0.717) is 6.61 Å². The number of hydrogen-bond donors (Lipinski definition) is 0. The van der Waals surface area contributed by atoms with Crippen LogP contribution in [0.2, 0.25) is 0 Å². The minimum atomic E-state index is -0.617. The van der Waals surface area contributed by atoms with Gasteiger partial charge in [0.25, 0.3) is 0 Å². The lowest BCUT2D eigenvalue weighted by Gasteiger charge is -2.13. The van der Waals surface area contributed by atoms with E-state index in [1.54, 1.807) is 27.0 Å². The molecule has 0 aliphatic carbocycles. The molecule has 5 heteroatoms. The first-order valence-electron chi connectivity index (χ1n) is 9.03. The van der Waals surface area contributed by atoms with Gasteiger partial charge in [0.05, 0.1) is 13.2 Å². The SMILES string of the molecule is COc1ccc(OCc2cc(/C=C(\C#N)C(=O)OC(C)C)c(C)cc2C)cc1. The van der Waals surface area contributed by atoms with E-state index in [4.69, 9.17) is 14.2 Å². The molecule has 2 aromatic rings. The van der Waals surface area contributed by atoms with E-state index in [9.17, 15) is 10.1 Å². The van der Waals surface area contributed by atoms with Gasteiger partial charge in [-0.25, -0.2) is 4.79 Å². The molecule has 0 atom stereocenters. The fraction of sp³-hybridized carbons (Fsp3) is 0.304. The predicted octanol–water partition coefficient (Wildman–Crippen LogP) is 4.75. The first kappa shape index (κ1) is 21.0. The van der Waals surface area contributed by atoms with Crippen molar-refractivity contribution < 1.29 is 19.0 Å². The number of carbonyl (C=O) groups excluding carboxylic acids is 1. The molecule has 0 saturated carbocycles. The average Bonchev–Trinajstić information content (AvgIpc) is 2.66. The molecule has 0 radical (unpaired) electrons. The number of hydrogen-bond acceptors (Lipinski definition) is 5. The summed E-state index contributed by atoms with van der Waals surface area (Å²) in [4.78, 5) is 12.1. The van der Waals surface area contributed by atoms with E-state index >= 15 is 0 Å². The summed E-state index contributed by atoms with van der Waals surface area (Å²) < 4.78 is 16.1. The van der Waals surface area contributed by atoms with Crippen molar-refractivity contribution in [3.05, 3.63) is 64.2 Å². The van der Waals surface area contributed by atoms with Crippen LogP contribution in [-0.2, 0) is 16.1 Å². The minimum Gasteiger partial charge on any atom is -0.497 e. The fourth-order valence-electron chi connectivity index (χ4n) is 2.63. The zero-order valence-electron chi connectivity index (χ0n) is 16.9. The number of nitrogens with zero attached hydrogens (tertiary/aromatic N) is 1. The van der Waals surface area contributed by atoms with Gasteiger partial charge in [-0.05, 0) is 86.4 Å². The number of rotatable bonds is 7. The van der Waals surface area contributed by atoms with Crippen LogP contribution in [0, 0.1) is 25.2 Å². The zero-order valence-corrected chi connectivity index (χ0v) is 16.9. The lowest BCUT2D eigenvalue weighted by Crippen LogP contribution is -2.12. The van der Waals surface area contributed by atoms with Gasteiger partial charge in [0, 0.05) is 0 Å². The summed E-state index contributed by atoms with van der Waals surface area (Å²) in [5.41, 5.74) is 3.78. The Balaban J connectivity index is 2.24. The molecule has 0 aromatic heterocycles. The van der Waals surface area contributed by atoms with Gasteiger partial charge >= 0.3 is 5.97 Å². The Hall–Kier alpha value is -3.26. The maximum Gasteiger partial charge on any atom is 0.349 e. The molecular weight excluding hydrogens is 354 g/mol. The molecule has 0 N–H and O–H groups in total. The molecule has 0 aliphatic heterocycles. The van der Waals surface area contributed by atoms with Crippen LogP contribution in [0.3, 0.4) is 0 Å². The molecule has 0 saturated heterocycles. The fourth-order valence-corrected chi connectivity index (χ4v) is 2.63. The molecule has 0 fully saturated rings. The highest BCUT2D eigenvalue weighted by atomic mass is 16.5. The smallest absolute Gasteiger partial charge is 0.349 e. The first-order chi connectivity index (χ1) is 13.3. The molecule has 2 rings (SSSR count). The van der Waals surface area contributed by atoms with Crippen LogP contribution in [0.4, 0.5) is 0 Å². The maximum absolute atomic E-state index is 12.1. The van der Waals surface area contributed by atoms with Crippen molar-refractivity contribution >= 4 is 12.0 Å². The lowest BCUT2D eigenvalue weighted by molar-refractivity contribution is -0.142. The highest BCUT2D eigenvalue weighted by molar-refractivity contribution is 5.98. The third-order valence-corrected chi connectivity index (χ3v) is 4.16. The monoisotopic (exact) mass is 379 g/mol. The minimum absolute atomic E-state index is 0.0253. The highest BCUT2D eigenvalue weighted by Gasteiger charge is 2.14. The second kappa shape index (κ2) is 9.61. The van der Waals surface area contributed by atoms with Crippen molar-refractivity contribution in [2.45, 2.75) is 40.4 Å². The van der Waals surface area contributed by atoms with Crippen molar-refractivity contribution in [1.29, 1.82) is 5.26 Å². The van der Waals surface area contributed by atoms with Crippen molar-refractivity contribution in [2.24, 2.45) is 0 Å². The van der Waals surface area contributed by atoms with Crippen molar-refractivity contribution in [3.8, 4) is 17.6 Å². The Morgan fingerprint density at radius 2 is 1.75 bits per heavy atom. The second-order valence-electron chi connectivity index (χ2n) is 6.72. The van der Waals surface area contributed by atoms with Crippen LogP contribution in [0.25, 0.3) is 6.08 Å². The Morgan fingerprint density at radius 1 is 1.11 bits per heavy atom. The Labute approximate surface area is 166 Å². The number of carbonyl (C=O) groups is 1. The topological polar surface area (TPSA) is 68.5 Å². The number of methoxy groups -OCH3 is 1. The number of ether oxygens (including phenoxy) is 3. The number of aryl methyl sites for hydroxylation is 2. The van der Waals surface area contributed by atoms with Crippen LogP contribution >= 0.6 is 0 Å². The quantitative estimate of drug-likeness (QED) is 0.394. The normalized spacial score (nSPS) is 11.1. The predicted molar refractivity (Wildman–Crippen MR) is 108 cm³/mol. The van der Waals surface area contributed by atoms with Gasteiger partial charge in [-0.15, -0.1) is 0 Å². The highest BCUT2D eigenvalue weighted by Crippen LogP contribution is 2.22. The lowest BCUT2D eigenvalue weighted by atomic mass is 9.98. The molecule has 28 heavy (non-hydrogen) atoms. The van der Waals surface area contributed by atoms with Crippen molar-refractivity contribution in [3.63, 3.8) is 0 Å². The number of benzene rings is 2. The van der Waals surface area contributed by atoms with Gasteiger partial charge in [0.15, 0.2) is 0 Å². The maximum atomic E-state index is 12.1. The summed E-state index contributed by atoms with van der Waals surface area (Å²) in [5, 5.41) is 9.33. The van der Waals surface area contributed by atoms with E-state index in [0.717, 1.165) is 33.8 Å². The molecule has 0 unspecified atom stereocenters. The third kappa shape index (κ3) is 5.62. The summed E-state index contributed by atoms with van der Waals surface area (Å²) in [6.45, 7) is 7.82. The summed E-state index contributed by atoms with van der Waals surface area (Å²) >= 11 is 0. The van der Waals surface area contributed by atoms with Crippen LogP contribution < -0.4 is 9.47 Å². The van der Waals surface area contributed by atoms with Gasteiger partial charge in [0.1, 0.15) is 29.7 Å². The summed E-state index contributed by atoms with van der Waals surface area (Å²) in [6.07, 6.45) is 1.29. The van der Waals surface area contributed by atoms with E-state index in [1.165, 1.54) is 0 Å². The van der Waals surface area contributed by atoms with Gasteiger partial charge in [0.2, 0.25) is 0 Å². The Bertz CT molecular complexity index is 905. The van der Waals surface area contributed by atoms with Crippen LogP contribution in [0.15, 0.2) is 42.0 Å². The molecule has 0 bridgehead atoms. The average molecular weight is 379 g/mol. The van der Waals surface area contributed by atoms with E-state index in [-0.39, 0.29) is 11.7 Å².